The molecule has 2 heterocycles. The van der Waals surface area contributed by atoms with Crippen molar-refractivity contribution in [2.75, 3.05) is 11.9 Å². The van der Waals surface area contributed by atoms with Gasteiger partial charge in [-0.2, -0.15) is 5.10 Å². The Hall–Kier alpha value is -4.47. The van der Waals surface area contributed by atoms with Gasteiger partial charge >= 0.3 is 0 Å². The Kier molecular flexibility index (Phi) is 5.90. The highest BCUT2D eigenvalue weighted by atomic mass is 16.2. The maximum absolute atomic E-state index is 12.6. The average molecular weight is 446 g/mol. The van der Waals surface area contributed by atoms with E-state index in [2.05, 4.69) is 25.9 Å². The molecule has 4 N–H and O–H groups in total. The second-order valence-electron chi connectivity index (χ2n) is 7.65. The Morgan fingerprint density at radius 2 is 1.76 bits per heavy atom. The lowest BCUT2D eigenvalue weighted by Gasteiger charge is -2.10. The van der Waals surface area contributed by atoms with Crippen molar-refractivity contribution in [1.29, 1.82) is 0 Å². The molecular formula is C23H22N6O4. The third kappa shape index (κ3) is 4.74. The van der Waals surface area contributed by atoms with Crippen LogP contribution in [0.4, 0.5) is 5.69 Å². The van der Waals surface area contributed by atoms with Crippen molar-refractivity contribution in [3.63, 3.8) is 0 Å². The van der Waals surface area contributed by atoms with Crippen LogP contribution in [0, 0.1) is 13.8 Å². The zero-order valence-corrected chi connectivity index (χ0v) is 18.1. The lowest BCUT2D eigenvalue weighted by Crippen LogP contribution is -2.33. The number of hydrogen-bond acceptors (Lipinski definition) is 5. The number of rotatable bonds is 6. The van der Waals surface area contributed by atoms with Gasteiger partial charge in [0.2, 0.25) is 5.91 Å². The number of nitrogens with one attached hydrogen (secondary N) is 4. The molecule has 0 saturated heterocycles. The highest BCUT2D eigenvalue weighted by Crippen LogP contribution is 2.16. The van der Waals surface area contributed by atoms with Crippen molar-refractivity contribution in [3.05, 3.63) is 91.8 Å². The van der Waals surface area contributed by atoms with Gasteiger partial charge in [0.15, 0.2) is 0 Å². The van der Waals surface area contributed by atoms with Crippen molar-refractivity contribution >= 4 is 28.3 Å². The number of fused-ring (bicyclic) bond motifs is 1. The molecule has 0 aliphatic heterocycles. The number of carbonyl (C=O) groups is 2. The summed E-state index contributed by atoms with van der Waals surface area (Å²) < 4.78 is 1.86. The fourth-order valence-electron chi connectivity index (χ4n) is 3.61. The standard InChI is InChI=1S/C23H22N6O4/c1-13-9-14(2)29(28-13)12-15-5-3-6-16(10-15)21(31)24-11-19(30)25-18-8-4-7-17-20(18)23(33)27-26-22(17)32/h3-10H,11-12H2,1-2H3,(H,24,31)(H,25,30)(H,26,32)(H,27,33). The second kappa shape index (κ2) is 8.95. The maximum atomic E-state index is 12.6. The van der Waals surface area contributed by atoms with Crippen LogP contribution in [-0.2, 0) is 11.3 Å². The quantitative estimate of drug-likeness (QED) is 0.355. The zero-order chi connectivity index (χ0) is 23.5. The number of H-pyrrole nitrogens is 2. The number of amides is 2. The predicted octanol–water partition coefficient (Wildman–Crippen LogP) is 1.45. The lowest BCUT2D eigenvalue weighted by atomic mass is 10.1. The number of aromatic nitrogens is 4. The summed E-state index contributed by atoms with van der Waals surface area (Å²) in [4.78, 5) is 49.0. The Morgan fingerprint density at radius 1 is 1.00 bits per heavy atom. The molecule has 0 unspecified atom stereocenters. The Balaban J connectivity index is 1.42. The van der Waals surface area contributed by atoms with Gasteiger partial charge in [0, 0.05) is 11.3 Å². The van der Waals surface area contributed by atoms with Gasteiger partial charge in [-0.05, 0) is 49.7 Å². The number of hydrogen-bond donors (Lipinski definition) is 4. The summed E-state index contributed by atoms with van der Waals surface area (Å²) in [5.74, 6) is -0.943. The van der Waals surface area contributed by atoms with E-state index >= 15 is 0 Å². The van der Waals surface area contributed by atoms with Crippen LogP contribution in [0.1, 0.15) is 27.3 Å². The highest BCUT2D eigenvalue weighted by molar-refractivity contribution is 6.04. The monoisotopic (exact) mass is 446 g/mol. The molecule has 168 valence electrons. The molecule has 0 aliphatic rings. The number of aromatic amines is 2. The van der Waals surface area contributed by atoms with Crippen molar-refractivity contribution in [2.24, 2.45) is 0 Å². The van der Waals surface area contributed by atoms with Crippen LogP contribution in [0.5, 0.6) is 0 Å². The van der Waals surface area contributed by atoms with Gasteiger partial charge in [-0.3, -0.25) is 34.1 Å². The highest BCUT2D eigenvalue weighted by Gasteiger charge is 2.13. The van der Waals surface area contributed by atoms with E-state index in [0.29, 0.717) is 12.1 Å². The topological polar surface area (TPSA) is 142 Å². The molecule has 0 saturated carbocycles. The third-order valence-electron chi connectivity index (χ3n) is 5.13. The lowest BCUT2D eigenvalue weighted by molar-refractivity contribution is -0.115. The summed E-state index contributed by atoms with van der Waals surface area (Å²) in [6.45, 7) is 4.11. The first-order valence-electron chi connectivity index (χ1n) is 10.2. The van der Waals surface area contributed by atoms with Crippen LogP contribution in [0.25, 0.3) is 10.8 Å². The molecule has 0 atom stereocenters. The molecule has 4 aromatic rings. The third-order valence-corrected chi connectivity index (χ3v) is 5.13. The summed E-state index contributed by atoms with van der Waals surface area (Å²) in [7, 11) is 0. The number of benzene rings is 2. The SMILES string of the molecule is Cc1cc(C)n(Cc2cccc(C(=O)NCC(=O)Nc3cccc4c(=O)[nH][nH]c(=O)c34)c2)n1. The van der Waals surface area contributed by atoms with E-state index in [-0.39, 0.29) is 23.0 Å². The van der Waals surface area contributed by atoms with Gasteiger partial charge in [0.25, 0.3) is 17.0 Å². The fourth-order valence-corrected chi connectivity index (χ4v) is 3.61. The van der Waals surface area contributed by atoms with Gasteiger partial charge in [0.1, 0.15) is 0 Å². The van der Waals surface area contributed by atoms with Gasteiger partial charge < -0.3 is 10.6 Å². The van der Waals surface area contributed by atoms with Gasteiger partial charge in [-0.1, -0.05) is 18.2 Å². The van der Waals surface area contributed by atoms with E-state index in [4.69, 9.17) is 0 Å². The van der Waals surface area contributed by atoms with Gasteiger partial charge in [-0.25, -0.2) is 0 Å². The van der Waals surface area contributed by atoms with E-state index in [1.54, 1.807) is 24.3 Å². The van der Waals surface area contributed by atoms with Crippen LogP contribution in [0.3, 0.4) is 0 Å². The van der Waals surface area contributed by atoms with Crippen LogP contribution < -0.4 is 21.8 Å². The normalized spacial score (nSPS) is 10.8. The summed E-state index contributed by atoms with van der Waals surface area (Å²) in [5.41, 5.74) is 2.43. The van der Waals surface area contributed by atoms with Crippen molar-refractivity contribution < 1.29 is 9.59 Å². The number of nitrogens with zero attached hydrogens (tertiary/aromatic N) is 2. The summed E-state index contributed by atoms with van der Waals surface area (Å²) in [6.07, 6.45) is 0. The van der Waals surface area contributed by atoms with Crippen LogP contribution in [0.2, 0.25) is 0 Å². The summed E-state index contributed by atoms with van der Waals surface area (Å²) in [6, 6.07) is 13.6. The number of carbonyl (C=O) groups excluding carboxylic acids is 2. The molecule has 2 aromatic carbocycles. The molecule has 0 radical (unpaired) electrons. The molecule has 10 heteroatoms. The van der Waals surface area contributed by atoms with Gasteiger partial charge in [0.05, 0.1) is 35.2 Å². The zero-order valence-electron chi connectivity index (χ0n) is 18.1. The molecule has 10 nitrogen and oxygen atoms in total. The van der Waals surface area contributed by atoms with E-state index in [1.165, 1.54) is 12.1 Å². The Labute approximate surface area is 187 Å². The molecule has 4 rings (SSSR count). The Bertz CT molecular complexity index is 1480. The van der Waals surface area contributed by atoms with Crippen LogP contribution in [0.15, 0.2) is 58.1 Å². The minimum absolute atomic E-state index is 0.0674. The average Bonchev–Trinajstić information content (AvgIpc) is 3.11. The number of anilines is 1. The second-order valence-corrected chi connectivity index (χ2v) is 7.65. The minimum Gasteiger partial charge on any atom is -0.343 e. The molecular weight excluding hydrogens is 424 g/mol. The fraction of sp³-hybridized carbons (Fsp3) is 0.174. The van der Waals surface area contributed by atoms with Crippen LogP contribution >= 0.6 is 0 Å². The van der Waals surface area contributed by atoms with E-state index in [9.17, 15) is 19.2 Å². The number of aryl methyl sites for hydroxylation is 2. The minimum atomic E-state index is -0.538. The first-order valence-corrected chi connectivity index (χ1v) is 10.2. The van der Waals surface area contributed by atoms with Crippen molar-refractivity contribution in [2.45, 2.75) is 20.4 Å². The molecule has 0 spiro atoms. The maximum Gasteiger partial charge on any atom is 0.272 e. The molecule has 0 fully saturated rings. The molecule has 2 amide bonds. The summed E-state index contributed by atoms with van der Waals surface area (Å²) in [5, 5.41) is 14.3. The van der Waals surface area contributed by atoms with Gasteiger partial charge in [-0.15, -0.1) is 0 Å². The molecule has 33 heavy (non-hydrogen) atoms. The molecule has 2 aromatic heterocycles. The summed E-state index contributed by atoms with van der Waals surface area (Å²) >= 11 is 0. The molecule has 0 aliphatic carbocycles. The largest absolute Gasteiger partial charge is 0.343 e. The van der Waals surface area contributed by atoms with E-state index in [0.717, 1.165) is 17.0 Å². The van der Waals surface area contributed by atoms with E-state index in [1.807, 2.05) is 30.7 Å². The van der Waals surface area contributed by atoms with Crippen LogP contribution in [-0.4, -0.2) is 38.3 Å². The predicted molar refractivity (Wildman–Crippen MR) is 123 cm³/mol. The smallest absolute Gasteiger partial charge is 0.272 e. The Morgan fingerprint density at radius 3 is 2.52 bits per heavy atom. The first kappa shape index (κ1) is 21.8. The van der Waals surface area contributed by atoms with Crippen molar-refractivity contribution in [1.82, 2.24) is 25.3 Å². The van der Waals surface area contributed by atoms with Crippen molar-refractivity contribution in [3.8, 4) is 0 Å². The first-order chi connectivity index (χ1) is 15.8. The van der Waals surface area contributed by atoms with E-state index < -0.39 is 22.9 Å². The molecule has 0 bridgehead atoms.